The highest BCUT2D eigenvalue weighted by Crippen LogP contribution is 2.30. The Morgan fingerprint density at radius 3 is 2.69 bits per heavy atom. The lowest BCUT2D eigenvalue weighted by Crippen LogP contribution is -2.35. The van der Waals surface area contributed by atoms with E-state index in [-0.39, 0.29) is 11.8 Å². The first-order valence-corrected chi connectivity index (χ1v) is 13.1. The molecule has 0 saturated heterocycles. The number of carbonyl (C=O) groups excluding carboxylic acids is 2. The van der Waals surface area contributed by atoms with Crippen LogP contribution in [-0.2, 0) is 32.4 Å². The second kappa shape index (κ2) is 8.87. The van der Waals surface area contributed by atoms with Gasteiger partial charge in [-0.25, -0.2) is 9.97 Å². The van der Waals surface area contributed by atoms with E-state index in [0.29, 0.717) is 35.9 Å². The third-order valence-electron chi connectivity index (χ3n) is 5.80. The van der Waals surface area contributed by atoms with Crippen LogP contribution in [0, 0.1) is 6.92 Å². The average Bonchev–Trinajstić information content (AvgIpc) is 3.51. The van der Waals surface area contributed by atoms with E-state index in [1.165, 1.54) is 27.7 Å². The Morgan fingerprint density at radius 2 is 1.88 bits per heavy atom. The minimum atomic E-state index is -0.154. The minimum absolute atomic E-state index is 0.0120. The lowest BCUT2D eigenvalue weighted by Gasteiger charge is -2.25. The zero-order valence-corrected chi connectivity index (χ0v) is 20.4. The zero-order chi connectivity index (χ0) is 22.2. The molecule has 0 aromatic carbocycles. The molecule has 1 aliphatic carbocycles. The van der Waals surface area contributed by atoms with E-state index in [4.69, 9.17) is 4.98 Å². The van der Waals surface area contributed by atoms with Gasteiger partial charge in [-0.3, -0.25) is 9.59 Å². The van der Waals surface area contributed by atoms with Crippen LogP contribution >= 0.6 is 34.2 Å². The molecule has 3 aromatic rings. The normalized spacial score (nSPS) is 15.2. The molecule has 4 heterocycles. The molecule has 0 bridgehead atoms. The molecule has 0 saturated carbocycles. The Morgan fingerprint density at radius 1 is 1.06 bits per heavy atom. The number of hydrogen-bond acceptors (Lipinski definition) is 9. The van der Waals surface area contributed by atoms with Crippen molar-refractivity contribution >= 4 is 51.0 Å². The smallest absolute Gasteiger partial charge is 0.283 e. The largest absolute Gasteiger partial charge is 0.378 e. The lowest BCUT2D eigenvalue weighted by atomic mass is 10.0. The van der Waals surface area contributed by atoms with Gasteiger partial charge in [0, 0.05) is 29.8 Å². The number of nitrogens with zero attached hydrogens (tertiary/aromatic N) is 4. The number of thiazole rings is 2. The number of rotatable bonds is 5. The number of fused-ring (bicyclic) bond motifs is 2. The van der Waals surface area contributed by atoms with E-state index in [0.717, 1.165) is 47.1 Å². The summed E-state index contributed by atoms with van der Waals surface area (Å²) in [5.41, 5.74) is 3.35. The molecule has 0 spiro atoms. The Bertz CT molecular complexity index is 1160. The van der Waals surface area contributed by atoms with E-state index in [2.05, 4.69) is 20.0 Å². The van der Waals surface area contributed by atoms with E-state index < -0.39 is 0 Å². The van der Waals surface area contributed by atoms with Crippen molar-refractivity contribution in [3.8, 4) is 0 Å². The molecule has 2 aliphatic rings. The highest BCUT2D eigenvalue weighted by Gasteiger charge is 2.28. The fraction of sp³-hybridized carbons (Fsp3) is 0.476. The molecule has 8 nitrogen and oxygen atoms in total. The summed E-state index contributed by atoms with van der Waals surface area (Å²) in [7, 11) is 1.78. The van der Waals surface area contributed by atoms with Crippen molar-refractivity contribution in [3.05, 3.63) is 42.4 Å². The van der Waals surface area contributed by atoms with Crippen molar-refractivity contribution in [1.82, 2.24) is 24.6 Å². The Balaban J connectivity index is 1.24. The first-order chi connectivity index (χ1) is 15.5. The molecule has 1 aliphatic heterocycles. The summed E-state index contributed by atoms with van der Waals surface area (Å²) in [6.45, 7) is 3.37. The van der Waals surface area contributed by atoms with Crippen LogP contribution in [0.15, 0.2) is 0 Å². The zero-order valence-electron chi connectivity index (χ0n) is 18.0. The maximum atomic E-state index is 13.1. The second-order valence-corrected chi connectivity index (χ2v) is 11.0. The third kappa shape index (κ3) is 4.04. The predicted octanol–water partition coefficient (Wildman–Crippen LogP) is 3.41. The molecular weight excluding hydrogens is 464 g/mol. The standard InChI is InChI=1S/C21H24N6O2S3/c1-11-17(19(22-2)32-26-11)18(28)23-9-16-24-13-10-27(8-7-15(13)30-16)21(29)20-25-12-5-3-4-6-14(12)31-20/h22H,3-10H2,1-2H3,(H,23,28). The molecule has 168 valence electrons. The maximum Gasteiger partial charge on any atom is 0.283 e. The Hall–Kier alpha value is -2.37. The third-order valence-corrected chi connectivity index (χ3v) is 9.06. The lowest BCUT2D eigenvalue weighted by molar-refractivity contribution is 0.0732. The summed E-state index contributed by atoms with van der Waals surface area (Å²) in [5.74, 6) is -0.142. The van der Waals surface area contributed by atoms with Gasteiger partial charge in [0.25, 0.3) is 11.8 Å². The average molecular weight is 489 g/mol. The van der Waals surface area contributed by atoms with Crippen molar-refractivity contribution in [2.45, 2.75) is 52.1 Å². The predicted molar refractivity (Wildman–Crippen MR) is 127 cm³/mol. The number of nitrogens with one attached hydrogen (secondary N) is 2. The van der Waals surface area contributed by atoms with Crippen molar-refractivity contribution < 1.29 is 9.59 Å². The molecule has 0 radical (unpaired) electrons. The van der Waals surface area contributed by atoms with Crippen molar-refractivity contribution in [3.63, 3.8) is 0 Å². The van der Waals surface area contributed by atoms with Gasteiger partial charge in [-0.15, -0.1) is 22.7 Å². The van der Waals surface area contributed by atoms with E-state index in [1.54, 1.807) is 29.7 Å². The van der Waals surface area contributed by atoms with Crippen molar-refractivity contribution in [2.75, 3.05) is 18.9 Å². The van der Waals surface area contributed by atoms with Crippen LogP contribution in [0.3, 0.4) is 0 Å². The van der Waals surface area contributed by atoms with Crippen LogP contribution in [0.25, 0.3) is 0 Å². The number of aryl methyl sites for hydroxylation is 3. The van der Waals surface area contributed by atoms with Gasteiger partial charge in [-0.05, 0) is 44.1 Å². The van der Waals surface area contributed by atoms with Gasteiger partial charge in [0.1, 0.15) is 10.0 Å². The van der Waals surface area contributed by atoms with Crippen LogP contribution in [-0.4, -0.2) is 44.6 Å². The van der Waals surface area contributed by atoms with Gasteiger partial charge in [-0.1, -0.05) is 0 Å². The summed E-state index contributed by atoms with van der Waals surface area (Å²) < 4.78 is 4.25. The molecular formula is C21H24N6O2S3. The molecule has 11 heteroatoms. The fourth-order valence-corrected chi connectivity index (χ4v) is 7.00. The SMILES string of the molecule is CNc1snc(C)c1C(=O)NCc1nc2c(s1)CCN(C(=O)c1nc3c(s1)CCCC3)C2. The van der Waals surface area contributed by atoms with Crippen LogP contribution in [0.5, 0.6) is 0 Å². The first-order valence-electron chi connectivity index (χ1n) is 10.7. The van der Waals surface area contributed by atoms with E-state index in [9.17, 15) is 9.59 Å². The summed E-state index contributed by atoms with van der Waals surface area (Å²) in [5, 5.41) is 8.21. The molecule has 0 atom stereocenters. The maximum absolute atomic E-state index is 13.1. The molecule has 2 N–H and O–H groups in total. The molecule has 0 unspecified atom stereocenters. The number of anilines is 1. The van der Waals surface area contributed by atoms with Crippen molar-refractivity contribution in [1.29, 1.82) is 0 Å². The summed E-state index contributed by atoms with van der Waals surface area (Å²) in [6, 6.07) is 0. The first kappa shape index (κ1) is 21.5. The van der Waals surface area contributed by atoms with Crippen LogP contribution in [0.4, 0.5) is 5.00 Å². The molecule has 3 aromatic heterocycles. The molecule has 0 fully saturated rings. The van der Waals surface area contributed by atoms with Crippen molar-refractivity contribution in [2.24, 2.45) is 0 Å². The number of amides is 2. The Labute approximate surface area is 198 Å². The van der Waals surface area contributed by atoms with Gasteiger partial charge in [0.15, 0.2) is 5.01 Å². The highest BCUT2D eigenvalue weighted by molar-refractivity contribution is 7.13. The Kier molecular flexibility index (Phi) is 5.95. The molecule has 32 heavy (non-hydrogen) atoms. The number of aromatic nitrogens is 3. The van der Waals surface area contributed by atoms with Crippen LogP contribution < -0.4 is 10.6 Å². The fourth-order valence-electron chi connectivity index (χ4n) is 4.13. The van der Waals surface area contributed by atoms with Gasteiger partial charge in [0.05, 0.1) is 35.7 Å². The summed E-state index contributed by atoms with van der Waals surface area (Å²) in [6.07, 6.45) is 5.17. The second-order valence-electron chi connectivity index (χ2n) is 7.95. The van der Waals surface area contributed by atoms with E-state index in [1.807, 2.05) is 11.8 Å². The topological polar surface area (TPSA) is 100 Å². The van der Waals surface area contributed by atoms with Crippen LogP contribution in [0.2, 0.25) is 0 Å². The summed E-state index contributed by atoms with van der Waals surface area (Å²) in [4.78, 5) is 39.4. The van der Waals surface area contributed by atoms with E-state index >= 15 is 0 Å². The van der Waals surface area contributed by atoms with Gasteiger partial charge >= 0.3 is 0 Å². The van der Waals surface area contributed by atoms with Gasteiger partial charge in [0.2, 0.25) is 0 Å². The monoisotopic (exact) mass is 488 g/mol. The molecule has 5 rings (SSSR count). The minimum Gasteiger partial charge on any atom is -0.378 e. The summed E-state index contributed by atoms with van der Waals surface area (Å²) >= 11 is 4.46. The van der Waals surface area contributed by atoms with Gasteiger partial charge in [-0.2, -0.15) is 4.37 Å². The number of hydrogen-bond donors (Lipinski definition) is 2. The molecule has 2 amide bonds. The number of carbonyl (C=O) groups is 2. The quantitative estimate of drug-likeness (QED) is 0.571. The highest BCUT2D eigenvalue weighted by atomic mass is 32.1. The van der Waals surface area contributed by atoms with Crippen LogP contribution in [0.1, 0.15) is 64.8 Å². The van der Waals surface area contributed by atoms with Gasteiger partial charge < -0.3 is 15.5 Å².